The van der Waals surface area contributed by atoms with E-state index in [4.69, 9.17) is 9.47 Å². The van der Waals surface area contributed by atoms with Crippen LogP contribution in [0.3, 0.4) is 0 Å². The first-order valence-electron chi connectivity index (χ1n) is 8.10. The van der Waals surface area contributed by atoms with Gasteiger partial charge < -0.3 is 24.6 Å². The molecule has 2 rings (SSSR count). The number of nitrogens with one attached hydrogen (secondary N) is 1. The molecule has 130 valence electrons. The maximum atomic E-state index is 12.2. The second-order valence-electron chi connectivity index (χ2n) is 5.67. The van der Waals surface area contributed by atoms with E-state index in [1.54, 1.807) is 18.6 Å². The Kier molecular flexibility index (Phi) is 6.63. The molecule has 1 aliphatic heterocycles. The van der Waals surface area contributed by atoms with E-state index in [1.807, 2.05) is 30.3 Å². The molecule has 2 atom stereocenters. The number of hydrogen-bond acceptors (Lipinski definition) is 6. The molecule has 0 aromatic heterocycles. The van der Waals surface area contributed by atoms with Crippen LogP contribution in [0.4, 0.5) is 4.79 Å². The zero-order valence-electron chi connectivity index (χ0n) is 14.0. The third-order valence-electron chi connectivity index (χ3n) is 3.96. The second-order valence-corrected chi connectivity index (χ2v) is 5.67. The molecule has 0 bridgehead atoms. The first-order valence-corrected chi connectivity index (χ1v) is 8.10. The van der Waals surface area contributed by atoms with Crippen molar-refractivity contribution in [3.8, 4) is 0 Å². The summed E-state index contributed by atoms with van der Waals surface area (Å²) in [4.78, 5) is 25.8. The van der Waals surface area contributed by atoms with Gasteiger partial charge in [-0.25, -0.2) is 4.79 Å². The van der Waals surface area contributed by atoms with Gasteiger partial charge in [0.2, 0.25) is 0 Å². The lowest BCUT2D eigenvalue weighted by Crippen LogP contribution is -2.53. The lowest BCUT2D eigenvalue weighted by molar-refractivity contribution is -0.147. The van der Waals surface area contributed by atoms with Crippen LogP contribution in [0.1, 0.15) is 18.9 Å². The number of alkyl carbamates (subject to hydrolysis) is 1. The minimum Gasteiger partial charge on any atom is -0.465 e. The van der Waals surface area contributed by atoms with Crippen molar-refractivity contribution in [3.63, 3.8) is 0 Å². The predicted octanol–water partition coefficient (Wildman–Crippen LogP) is 1.03. The van der Waals surface area contributed by atoms with Gasteiger partial charge in [-0.05, 0) is 32.3 Å². The summed E-state index contributed by atoms with van der Waals surface area (Å²) in [6.07, 6.45) is -0.0555. The van der Waals surface area contributed by atoms with Crippen LogP contribution in [0, 0.1) is 0 Å². The average molecular weight is 334 g/mol. The molecule has 1 saturated heterocycles. The fourth-order valence-electron chi connectivity index (χ4n) is 2.83. The van der Waals surface area contributed by atoms with Gasteiger partial charge >= 0.3 is 19.1 Å². The molecule has 0 radical (unpaired) electrons. The molecule has 1 aromatic rings. The fraction of sp³-hybridized carbons (Fsp3) is 0.500. The molecule has 1 aliphatic rings. The molecule has 24 heavy (non-hydrogen) atoms. The first kappa shape index (κ1) is 18.3. The summed E-state index contributed by atoms with van der Waals surface area (Å²) in [6.45, 7) is 4.20. The highest BCUT2D eigenvalue weighted by Gasteiger charge is 2.44. The molecule has 8 heteroatoms. The largest absolute Gasteiger partial charge is 0.465 e. The third kappa shape index (κ3) is 4.72. The lowest BCUT2D eigenvalue weighted by atomic mass is 9.84. The van der Waals surface area contributed by atoms with Gasteiger partial charge in [-0.3, -0.25) is 4.79 Å². The second kappa shape index (κ2) is 8.70. The summed E-state index contributed by atoms with van der Waals surface area (Å²) < 4.78 is 10.3. The molecule has 7 nitrogen and oxygen atoms in total. The maximum absolute atomic E-state index is 12.2. The van der Waals surface area contributed by atoms with E-state index in [1.165, 1.54) is 0 Å². The van der Waals surface area contributed by atoms with Crippen LogP contribution < -0.4 is 5.32 Å². The Morgan fingerprint density at radius 3 is 2.67 bits per heavy atom. The number of hydrogen-bond donors (Lipinski definition) is 2. The van der Waals surface area contributed by atoms with Gasteiger partial charge in [-0.2, -0.15) is 0 Å². The van der Waals surface area contributed by atoms with Crippen molar-refractivity contribution in [1.29, 1.82) is 0 Å². The van der Waals surface area contributed by atoms with E-state index < -0.39 is 31.2 Å². The molecule has 1 aromatic carbocycles. The molecular formula is C16H23BN2O5. The summed E-state index contributed by atoms with van der Waals surface area (Å²) in [7, 11) is -0.799. The van der Waals surface area contributed by atoms with E-state index in [9.17, 15) is 14.6 Å². The predicted molar refractivity (Wildman–Crippen MR) is 89.1 cm³/mol. The summed E-state index contributed by atoms with van der Waals surface area (Å²) in [5.41, 5.74) is 0.881. The van der Waals surface area contributed by atoms with Crippen LogP contribution >= 0.6 is 0 Å². The van der Waals surface area contributed by atoms with Crippen molar-refractivity contribution in [2.75, 3.05) is 13.2 Å². The molecule has 0 saturated carbocycles. The number of rotatable bonds is 6. The van der Waals surface area contributed by atoms with Crippen molar-refractivity contribution in [2.45, 2.75) is 38.9 Å². The topological polar surface area (TPSA) is 88.1 Å². The van der Waals surface area contributed by atoms with E-state index in [2.05, 4.69) is 5.32 Å². The minimum absolute atomic E-state index is 0.156. The lowest BCUT2D eigenvalue weighted by Gasteiger charge is -2.27. The summed E-state index contributed by atoms with van der Waals surface area (Å²) >= 11 is 0. The van der Waals surface area contributed by atoms with Gasteiger partial charge in [0, 0.05) is 0 Å². The zero-order chi connectivity index (χ0) is 17.5. The van der Waals surface area contributed by atoms with Crippen molar-refractivity contribution >= 4 is 19.1 Å². The van der Waals surface area contributed by atoms with Gasteiger partial charge in [0.25, 0.3) is 0 Å². The van der Waals surface area contributed by atoms with Gasteiger partial charge in [0.15, 0.2) is 0 Å². The van der Waals surface area contributed by atoms with Crippen molar-refractivity contribution in [3.05, 3.63) is 35.9 Å². The standard InChI is InChI=1S/C16H23BN2O5/c1-3-23-15(20)14-13(9-10-19(14)17(2)22)18-16(21)24-11-12-7-5-4-6-8-12/h4-8,13-14,22H,3,9-11H2,1-2H3,(H,18,21)/t13?,14-/m1/s1. The SMILES string of the molecule is CCOC(=O)[C@H]1C(NC(=O)OCc2ccccc2)CCN1B(C)O. The first-order chi connectivity index (χ1) is 11.5. The molecule has 1 unspecified atom stereocenters. The van der Waals surface area contributed by atoms with Crippen molar-refractivity contribution in [2.24, 2.45) is 0 Å². The third-order valence-corrected chi connectivity index (χ3v) is 3.96. The van der Waals surface area contributed by atoms with Gasteiger partial charge in [0.05, 0.1) is 12.6 Å². The molecule has 1 amide bonds. The van der Waals surface area contributed by atoms with Gasteiger partial charge in [-0.15, -0.1) is 0 Å². The number of esters is 1. The van der Waals surface area contributed by atoms with Crippen LogP contribution in [0.5, 0.6) is 0 Å². The minimum atomic E-state index is -0.799. The van der Waals surface area contributed by atoms with Gasteiger partial charge in [0.1, 0.15) is 12.6 Å². The number of ether oxygens (including phenoxy) is 2. The molecule has 1 fully saturated rings. The fourth-order valence-corrected chi connectivity index (χ4v) is 2.83. The summed E-state index contributed by atoms with van der Waals surface area (Å²) in [5.74, 6) is -0.454. The number of benzene rings is 1. The number of amides is 1. The van der Waals surface area contributed by atoms with Crippen LogP contribution in [-0.4, -0.2) is 54.2 Å². The molecule has 1 heterocycles. The molecular weight excluding hydrogens is 311 g/mol. The van der Waals surface area contributed by atoms with E-state index in [0.29, 0.717) is 13.0 Å². The Morgan fingerprint density at radius 2 is 2.04 bits per heavy atom. The Morgan fingerprint density at radius 1 is 1.33 bits per heavy atom. The van der Waals surface area contributed by atoms with E-state index in [-0.39, 0.29) is 13.2 Å². The Bertz CT molecular complexity index is 555. The van der Waals surface area contributed by atoms with Crippen LogP contribution in [0.15, 0.2) is 30.3 Å². The summed E-state index contributed by atoms with van der Waals surface area (Å²) in [6, 6.07) is 8.17. The number of carbonyl (C=O) groups is 2. The highest BCUT2D eigenvalue weighted by atomic mass is 16.5. The monoisotopic (exact) mass is 334 g/mol. The van der Waals surface area contributed by atoms with E-state index in [0.717, 1.165) is 5.56 Å². The Balaban J connectivity index is 1.93. The highest BCUT2D eigenvalue weighted by Crippen LogP contribution is 2.20. The van der Waals surface area contributed by atoms with Crippen LogP contribution in [-0.2, 0) is 20.9 Å². The molecule has 0 aliphatic carbocycles. The van der Waals surface area contributed by atoms with Crippen LogP contribution in [0.2, 0.25) is 6.82 Å². The number of carbonyl (C=O) groups excluding carboxylic acids is 2. The quantitative estimate of drug-likeness (QED) is 0.597. The van der Waals surface area contributed by atoms with Crippen LogP contribution in [0.25, 0.3) is 0 Å². The average Bonchev–Trinajstić information content (AvgIpc) is 2.98. The smallest absolute Gasteiger partial charge is 0.407 e. The Labute approximate surface area is 142 Å². The maximum Gasteiger partial charge on any atom is 0.407 e. The highest BCUT2D eigenvalue weighted by molar-refractivity contribution is 6.45. The van der Waals surface area contributed by atoms with Crippen molar-refractivity contribution < 1.29 is 24.1 Å². The molecule has 2 N–H and O–H groups in total. The van der Waals surface area contributed by atoms with Crippen molar-refractivity contribution in [1.82, 2.24) is 10.1 Å². The normalized spacial score (nSPS) is 20.5. The summed E-state index contributed by atoms with van der Waals surface area (Å²) in [5, 5.41) is 12.5. The molecule has 0 spiro atoms. The zero-order valence-corrected chi connectivity index (χ0v) is 14.0. The van der Waals surface area contributed by atoms with E-state index >= 15 is 0 Å². The Hall–Kier alpha value is -2.06. The van der Waals surface area contributed by atoms with Gasteiger partial charge in [-0.1, -0.05) is 30.3 Å². The number of nitrogens with zero attached hydrogens (tertiary/aromatic N) is 1.